The van der Waals surface area contributed by atoms with Crippen molar-refractivity contribution in [3.05, 3.63) is 35.9 Å². The zero-order valence-corrected chi connectivity index (χ0v) is 12.2. The van der Waals surface area contributed by atoms with Gasteiger partial charge < -0.3 is 10.2 Å². The van der Waals surface area contributed by atoms with E-state index in [1.807, 2.05) is 18.2 Å². The van der Waals surface area contributed by atoms with Crippen LogP contribution in [0.3, 0.4) is 0 Å². The van der Waals surface area contributed by atoms with Crippen LogP contribution in [0.5, 0.6) is 0 Å². The van der Waals surface area contributed by atoms with Crippen molar-refractivity contribution in [2.75, 3.05) is 13.1 Å². The van der Waals surface area contributed by atoms with Crippen LogP contribution < -0.4 is 0 Å². The minimum absolute atomic E-state index is 0.404. The highest BCUT2D eigenvalue weighted by Gasteiger charge is 2.50. The number of hydrogen-bond donors (Lipinski definition) is 2. The van der Waals surface area contributed by atoms with Gasteiger partial charge in [-0.05, 0) is 38.8 Å². The first kappa shape index (κ1) is 15.0. The van der Waals surface area contributed by atoms with E-state index in [0.717, 1.165) is 19.5 Å². The Kier molecular flexibility index (Phi) is 4.16. The molecule has 0 bridgehead atoms. The molecule has 1 fully saturated rings. The molecule has 0 aromatic heterocycles. The summed E-state index contributed by atoms with van der Waals surface area (Å²) < 4.78 is 0. The van der Waals surface area contributed by atoms with Crippen LogP contribution in [0.25, 0.3) is 0 Å². The molecule has 1 aliphatic heterocycles. The number of aliphatic hydroxyl groups is 1. The minimum Gasteiger partial charge on any atom is -0.481 e. The number of likely N-dealkylation sites (tertiary alicyclic amines) is 1. The number of aliphatic carboxylic acids is 1. The summed E-state index contributed by atoms with van der Waals surface area (Å²) >= 11 is 0. The van der Waals surface area contributed by atoms with Gasteiger partial charge in [0.25, 0.3) is 0 Å². The largest absolute Gasteiger partial charge is 0.481 e. The molecule has 0 saturated carbocycles. The Morgan fingerprint density at radius 2 is 2.00 bits per heavy atom. The van der Waals surface area contributed by atoms with E-state index in [2.05, 4.69) is 17.0 Å². The summed E-state index contributed by atoms with van der Waals surface area (Å²) in [5.74, 6) is -0.943. The molecule has 1 aromatic rings. The van der Waals surface area contributed by atoms with Gasteiger partial charge in [-0.25, -0.2) is 0 Å². The molecular weight excluding hydrogens is 254 g/mol. The van der Waals surface area contributed by atoms with Crippen LogP contribution in [0.2, 0.25) is 0 Å². The molecule has 0 aliphatic carbocycles. The maximum absolute atomic E-state index is 11.4. The number of carbonyl (C=O) groups is 1. The van der Waals surface area contributed by atoms with Crippen LogP contribution in [0.15, 0.2) is 30.3 Å². The zero-order chi connectivity index (χ0) is 14.8. The molecule has 2 N–H and O–H groups in total. The highest BCUT2D eigenvalue weighted by atomic mass is 16.4. The maximum Gasteiger partial charge on any atom is 0.312 e. The number of β-amino-alcohol motifs (C(OH)–C–C–N with tert-alkyl or cyclic N) is 1. The Balaban J connectivity index is 2.10. The molecule has 0 amide bonds. The summed E-state index contributed by atoms with van der Waals surface area (Å²) in [6, 6.07) is 10.1. The normalized spacial score (nSPS) is 24.6. The van der Waals surface area contributed by atoms with Crippen molar-refractivity contribution >= 4 is 5.97 Å². The van der Waals surface area contributed by atoms with Gasteiger partial charge >= 0.3 is 5.97 Å². The van der Waals surface area contributed by atoms with E-state index < -0.39 is 17.0 Å². The SMILES string of the molecule is CC(C)(C(=O)O)C1(O)CCCN(Cc2ccccc2)C1. The van der Waals surface area contributed by atoms with Gasteiger partial charge in [-0.2, -0.15) is 0 Å². The molecule has 0 spiro atoms. The van der Waals surface area contributed by atoms with E-state index in [0.29, 0.717) is 13.0 Å². The predicted octanol–water partition coefficient (Wildman–Crippen LogP) is 2.12. The Bertz CT molecular complexity index is 472. The lowest BCUT2D eigenvalue weighted by molar-refractivity contribution is -0.172. The van der Waals surface area contributed by atoms with E-state index in [4.69, 9.17) is 0 Å². The molecule has 1 unspecified atom stereocenters. The summed E-state index contributed by atoms with van der Waals surface area (Å²) in [6.45, 7) is 5.27. The maximum atomic E-state index is 11.4. The van der Waals surface area contributed by atoms with E-state index in [-0.39, 0.29) is 0 Å². The summed E-state index contributed by atoms with van der Waals surface area (Å²) in [7, 11) is 0. The molecule has 1 aliphatic rings. The van der Waals surface area contributed by atoms with Crippen LogP contribution in [-0.2, 0) is 11.3 Å². The highest BCUT2D eigenvalue weighted by Crippen LogP contribution is 2.38. The molecule has 1 saturated heterocycles. The van der Waals surface area contributed by atoms with Crippen molar-refractivity contribution < 1.29 is 15.0 Å². The fraction of sp³-hybridized carbons (Fsp3) is 0.562. The van der Waals surface area contributed by atoms with Gasteiger partial charge in [-0.15, -0.1) is 0 Å². The van der Waals surface area contributed by atoms with Crippen molar-refractivity contribution in [3.8, 4) is 0 Å². The summed E-state index contributed by atoms with van der Waals surface area (Å²) in [6.07, 6.45) is 1.36. The first-order valence-electron chi connectivity index (χ1n) is 7.07. The number of hydrogen-bond acceptors (Lipinski definition) is 3. The van der Waals surface area contributed by atoms with E-state index in [1.54, 1.807) is 13.8 Å². The van der Waals surface area contributed by atoms with E-state index in [1.165, 1.54) is 5.56 Å². The Labute approximate surface area is 120 Å². The second kappa shape index (κ2) is 5.54. The van der Waals surface area contributed by atoms with Crippen molar-refractivity contribution in [1.29, 1.82) is 0 Å². The molecule has 4 nitrogen and oxygen atoms in total. The van der Waals surface area contributed by atoms with Crippen molar-refractivity contribution in [2.45, 2.75) is 38.8 Å². The van der Waals surface area contributed by atoms with Crippen LogP contribution in [0, 0.1) is 5.41 Å². The summed E-state index contributed by atoms with van der Waals surface area (Å²) in [4.78, 5) is 13.6. The highest BCUT2D eigenvalue weighted by molar-refractivity contribution is 5.75. The molecule has 1 atom stereocenters. The van der Waals surface area contributed by atoms with Gasteiger partial charge in [-0.3, -0.25) is 9.69 Å². The number of carboxylic acid groups (broad SMARTS) is 1. The fourth-order valence-electron chi connectivity index (χ4n) is 2.81. The number of rotatable bonds is 4. The molecule has 1 heterocycles. The number of piperidine rings is 1. The Hall–Kier alpha value is -1.39. The fourth-order valence-corrected chi connectivity index (χ4v) is 2.81. The van der Waals surface area contributed by atoms with Crippen LogP contribution in [-0.4, -0.2) is 39.8 Å². The lowest BCUT2D eigenvalue weighted by Gasteiger charge is -2.46. The second-order valence-corrected chi connectivity index (χ2v) is 6.26. The molecular formula is C16H23NO3. The lowest BCUT2D eigenvalue weighted by Crippen LogP contribution is -2.58. The lowest BCUT2D eigenvalue weighted by atomic mass is 9.70. The molecule has 4 heteroatoms. The van der Waals surface area contributed by atoms with Crippen molar-refractivity contribution in [2.24, 2.45) is 5.41 Å². The topological polar surface area (TPSA) is 60.8 Å². The summed E-state index contributed by atoms with van der Waals surface area (Å²) in [5.41, 5.74) is -1.13. The van der Waals surface area contributed by atoms with Gasteiger partial charge in [0.15, 0.2) is 0 Å². The van der Waals surface area contributed by atoms with E-state index >= 15 is 0 Å². The molecule has 20 heavy (non-hydrogen) atoms. The average molecular weight is 277 g/mol. The molecule has 2 rings (SSSR count). The minimum atomic E-state index is -1.17. The third-order valence-corrected chi connectivity index (χ3v) is 4.50. The van der Waals surface area contributed by atoms with Gasteiger partial charge in [0, 0.05) is 13.1 Å². The zero-order valence-electron chi connectivity index (χ0n) is 12.2. The first-order valence-corrected chi connectivity index (χ1v) is 7.07. The van der Waals surface area contributed by atoms with Gasteiger partial charge in [0.1, 0.15) is 0 Å². The van der Waals surface area contributed by atoms with Gasteiger partial charge in [0.2, 0.25) is 0 Å². The Morgan fingerprint density at radius 3 is 2.60 bits per heavy atom. The molecule has 1 aromatic carbocycles. The molecule has 110 valence electrons. The van der Waals surface area contributed by atoms with Gasteiger partial charge in [-0.1, -0.05) is 30.3 Å². The van der Waals surface area contributed by atoms with Crippen LogP contribution in [0.4, 0.5) is 0 Å². The second-order valence-electron chi connectivity index (χ2n) is 6.26. The summed E-state index contributed by atoms with van der Waals surface area (Å²) in [5, 5.41) is 20.2. The standard InChI is InChI=1S/C16H23NO3/c1-15(2,14(18)19)16(20)9-6-10-17(12-16)11-13-7-4-3-5-8-13/h3-5,7-8,20H,6,9-12H2,1-2H3,(H,18,19). The monoisotopic (exact) mass is 277 g/mol. The smallest absolute Gasteiger partial charge is 0.312 e. The third-order valence-electron chi connectivity index (χ3n) is 4.50. The van der Waals surface area contributed by atoms with Crippen LogP contribution in [0.1, 0.15) is 32.3 Å². The van der Waals surface area contributed by atoms with Crippen LogP contribution >= 0.6 is 0 Å². The van der Waals surface area contributed by atoms with Gasteiger partial charge in [0.05, 0.1) is 11.0 Å². The average Bonchev–Trinajstić information content (AvgIpc) is 2.39. The van der Waals surface area contributed by atoms with E-state index in [9.17, 15) is 15.0 Å². The third kappa shape index (κ3) is 2.86. The first-order chi connectivity index (χ1) is 9.35. The predicted molar refractivity (Wildman–Crippen MR) is 77.3 cm³/mol. The quantitative estimate of drug-likeness (QED) is 0.885. The van der Waals surface area contributed by atoms with Crippen molar-refractivity contribution in [3.63, 3.8) is 0 Å². The number of nitrogens with zero attached hydrogens (tertiary/aromatic N) is 1. The molecule has 0 radical (unpaired) electrons. The Morgan fingerprint density at radius 1 is 1.35 bits per heavy atom. The van der Waals surface area contributed by atoms with Crippen molar-refractivity contribution in [1.82, 2.24) is 4.90 Å². The number of carboxylic acids is 1. The number of benzene rings is 1.